The molecule has 3 rings (SSSR count). The van der Waals surface area contributed by atoms with Crippen LogP contribution in [0, 0.1) is 5.82 Å². The fraction of sp³-hybridized carbons (Fsp3) is 0.200. The van der Waals surface area contributed by atoms with Gasteiger partial charge in [0, 0.05) is 17.3 Å². The molecule has 6 nitrogen and oxygen atoms in total. The molecule has 0 spiro atoms. The molecule has 0 bridgehead atoms. The van der Waals surface area contributed by atoms with E-state index in [0.717, 1.165) is 12.5 Å². The zero-order valence-electron chi connectivity index (χ0n) is 16.1. The summed E-state index contributed by atoms with van der Waals surface area (Å²) in [7, 11) is -4.37. The quantitative estimate of drug-likeness (QED) is 0.513. The molecule has 0 amide bonds. The Balaban J connectivity index is 1.78. The number of nitrogens with one attached hydrogen (secondary N) is 1. The average molecular weight is 455 g/mol. The third kappa shape index (κ3) is 5.48. The van der Waals surface area contributed by atoms with Crippen LogP contribution in [-0.4, -0.2) is 25.2 Å². The molecule has 0 radical (unpaired) electrons. The van der Waals surface area contributed by atoms with Crippen LogP contribution >= 0.6 is 0 Å². The van der Waals surface area contributed by atoms with Gasteiger partial charge in [-0.1, -0.05) is 19.1 Å². The molecule has 11 heteroatoms. The summed E-state index contributed by atoms with van der Waals surface area (Å²) in [5.74, 6) is -1.17. The maximum atomic E-state index is 13.4. The number of aromatic nitrogens is 2. The number of sulfonamides is 1. The van der Waals surface area contributed by atoms with Gasteiger partial charge in [0.2, 0.25) is 5.88 Å². The van der Waals surface area contributed by atoms with E-state index in [4.69, 9.17) is 4.74 Å². The lowest BCUT2D eigenvalue weighted by molar-refractivity contribution is -0.140. The van der Waals surface area contributed by atoms with Crippen LogP contribution in [0.1, 0.15) is 18.9 Å². The van der Waals surface area contributed by atoms with Crippen molar-refractivity contribution >= 4 is 15.7 Å². The summed E-state index contributed by atoms with van der Waals surface area (Å²) in [5, 5.41) is 7.98. The number of benzene rings is 2. The second kappa shape index (κ2) is 8.88. The Labute approximate surface area is 175 Å². The van der Waals surface area contributed by atoms with Crippen LogP contribution in [0.4, 0.5) is 23.2 Å². The van der Waals surface area contributed by atoms with Crippen LogP contribution < -0.4 is 9.46 Å². The molecule has 0 unspecified atom stereocenters. The number of hydrogen-bond donors (Lipinski definition) is 1. The van der Waals surface area contributed by atoms with E-state index >= 15 is 0 Å². The fourth-order valence-corrected chi connectivity index (χ4v) is 3.65. The van der Waals surface area contributed by atoms with Crippen molar-refractivity contribution in [2.45, 2.75) is 24.4 Å². The highest BCUT2D eigenvalue weighted by molar-refractivity contribution is 7.92. The highest BCUT2D eigenvalue weighted by Crippen LogP contribution is 2.33. The Morgan fingerprint density at radius 1 is 1.00 bits per heavy atom. The summed E-state index contributed by atoms with van der Waals surface area (Å²) in [6.45, 7) is 2.48. The van der Waals surface area contributed by atoms with Crippen LogP contribution in [0.5, 0.6) is 5.88 Å². The predicted molar refractivity (Wildman–Crippen MR) is 105 cm³/mol. The number of rotatable bonds is 7. The summed E-state index contributed by atoms with van der Waals surface area (Å²) in [4.78, 5) is -0.709. The molecule has 0 saturated carbocycles. The molecule has 0 aliphatic heterocycles. The zero-order valence-corrected chi connectivity index (χ0v) is 17.0. The van der Waals surface area contributed by atoms with Gasteiger partial charge in [0.05, 0.1) is 22.8 Å². The maximum Gasteiger partial charge on any atom is 0.419 e. The Kier molecular flexibility index (Phi) is 6.44. The number of halogens is 4. The maximum absolute atomic E-state index is 13.4. The molecule has 1 aromatic heterocycles. The molecule has 3 aromatic rings. The van der Waals surface area contributed by atoms with Crippen LogP contribution in [-0.2, 0) is 16.2 Å². The molecule has 0 aliphatic carbocycles. The Morgan fingerprint density at radius 2 is 1.71 bits per heavy atom. The first-order chi connectivity index (χ1) is 14.6. The minimum Gasteiger partial charge on any atom is -0.477 e. The lowest BCUT2D eigenvalue weighted by Gasteiger charge is -2.12. The topological polar surface area (TPSA) is 81.2 Å². The third-order valence-electron chi connectivity index (χ3n) is 4.08. The first-order valence-electron chi connectivity index (χ1n) is 9.06. The molecule has 0 atom stereocenters. The second-order valence-electron chi connectivity index (χ2n) is 6.43. The standard InChI is InChI=1S/C20H17F4N3O3S/c1-2-11-30-19-10-9-18(25-26-19)13-3-5-14(6-4-13)27-31(28,29)15-7-8-17(21)16(12-15)20(22,23)24/h3-10,12,27H,2,11H2,1H3. The average Bonchev–Trinajstić information content (AvgIpc) is 2.72. The van der Waals surface area contributed by atoms with Crippen molar-refractivity contribution in [3.05, 3.63) is 66.0 Å². The SMILES string of the molecule is CCCOc1ccc(-c2ccc(NS(=O)(=O)c3ccc(F)c(C(F)(F)F)c3)cc2)nn1. The van der Waals surface area contributed by atoms with Gasteiger partial charge in [-0.15, -0.1) is 10.2 Å². The minimum atomic E-state index is -5.02. The van der Waals surface area contributed by atoms with E-state index in [9.17, 15) is 26.0 Å². The van der Waals surface area contributed by atoms with Gasteiger partial charge in [-0.05, 0) is 42.8 Å². The van der Waals surface area contributed by atoms with Crippen molar-refractivity contribution in [3.63, 3.8) is 0 Å². The van der Waals surface area contributed by atoms with Crippen molar-refractivity contribution in [1.29, 1.82) is 0 Å². The van der Waals surface area contributed by atoms with Gasteiger partial charge < -0.3 is 4.74 Å². The van der Waals surface area contributed by atoms with E-state index in [1.54, 1.807) is 24.3 Å². The Bertz CT molecular complexity index is 1150. The van der Waals surface area contributed by atoms with E-state index in [-0.39, 0.29) is 11.8 Å². The number of anilines is 1. The lowest BCUT2D eigenvalue weighted by Crippen LogP contribution is -2.15. The van der Waals surface area contributed by atoms with Gasteiger partial charge in [-0.2, -0.15) is 13.2 Å². The molecule has 0 aliphatic rings. The van der Waals surface area contributed by atoms with E-state index in [0.29, 0.717) is 29.8 Å². The first kappa shape index (κ1) is 22.5. The van der Waals surface area contributed by atoms with E-state index in [1.807, 2.05) is 6.92 Å². The summed E-state index contributed by atoms with van der Waals surface area (Å²) >= 11 is 0. The second-order valence-corrected chi connectivity index (χ2v) is 8.11. The van der Waals surface area contributed by atoms with Gasteiger partial charge >= 0.3 is 6.18 Å². The zero-order chi connectivity index (χ0) is 22.6. The third-order valence-corrected chi connectivity index (χ3v) is 5.46. The van der Waals surface area contributed by atoms with Crippen molar-refractivity contribution in [1.82, 2.24) is 10.2 Å². The molecule has 0 saturated heterocycles. The fourth-order valence-electron chi connectivity index (χ4n) is 2.57. The molecule has 0 fully saturated rings. The summed E-state index contributed by atoms with van der Waals surface area (Å²) in [5.41, 5.74) is -0.390. The molecule has 164 valence electrons. The lowest BCUT2D eigenvalue weighted by atomic mass is 10.1. The Hall–Kier alpha value is -3.21. The molecule has 1 N–H and O–H groups in total. The van der Waals surface area contributed by atoms with Gasteiger partial charge in [-0.3, -0.25) is 4.72 Å². The minimum absolute atomic E-state index is 0.109. The smallest absolute Gasteiger partial charge is 0.419 e. The molecular weight excluding hydrogens is 438 g/mol. The number of ether oxygens (including phenoxy) is 1. The van der Waals surface area contributed by atoms with Crippen LogP contribution in [0.3, 0.4) is 0 Å². The molecule has 2 aromatic carbocycles. The predicted octanol–water partition coefficient (Wildman–Crippen LogP) is 4.89. The van der Waals surface area contributed by atoms with Crippen LogP contribution in [0.15, 0.2) is 59.5 Å². The summed E-state index contributed by atoms with van der Waals surface area (Å²) in [6.07, 6.45) is -4.19. The summed E-state index contributed by atoms with van der Waals surface area (Å²) in [6, 6.07) is 10.8. The molecule has 1 heterocycles. The monoisotopic (exact) mass is 455 g/mol. The number of alkyl halides is 3. The van der Waals surface area contributed by atoms with Gasteiger partial charge in [0.1, 0.15) is 5.82 Å². The van der Waals surface area contributed by atoms with E-state index in [1.165, 1.54) is 12.1 Å². The van der Waals surface area contributed by atoms with Gasteiger partial charge in [-0.25, -0.2) is 12.8 Å². The largest absolute Gasteiger partial charge is 0.477 e. The van der Waals surface area contributed by atoms with Crippen molar-refractivity contribution in [2.75, 3.05) is 11.3 Å². The van der Waals surface area contributed by atoms with E-state index in [2.05, 4.69) is 14.9 Å². The highest BCUT2D eigenvalue weighted by atomic mass is 32.2. The van der Waals surface area contributed by atoms with Gasteiger partial charge in [0.15, 0.2) is 0 Å². The number of hydrogen-bond acceptors (Lipinski definition) is 5. The van der Waals surface area contributed by atoms with Crippen LogP contribution in [0.2, 0.25) is 0 Å². The normalized spacial score (nSPS) is 11.9. The molecular formula is C20H17F4N3O3S. The van der Waals surface area contributed by atoms with Crippen molar-refractivity contribution < 1.29 is 30.7 Å². The van der Waals surface area contributed by atoms with Crippen molar-refractivity contribution in [3.8, 4) is 17.1 Å². The highest BCUT2D eigenvalue weighted by Gasteiger charge is 2.35. The van der Waals surface area contributed by atoms with E-state index < -0.39 is 32.5 Å². The van der Waals surface area contributed by atoms with Crippen molar-refractivity contribution in [2.24, 2.45) is 0 Å². The molecule has 31 heavy (non-hydrogen) atoms. The van der Waals surface area contributed by atoms with Crippen LogP contribution in [0.25, 0.3) is 11.3 Å². The number of nitrogens with zero attached hydrogens (tertiary/aromatic N) is 2. The van der Waals surface area contributed by atoms with Gasteiger partial charge in [0.25, 0.3) is 10.0 Å². The Morgan fingerprint density at radius 3 is 2.29 bits per heavy atom. The first-order valence-corrected chi connectivity index (χ1v) is 10.5. The summed E-state index contributed by atoms with van der Waals surface area (Å²) < 4.78 is 84.4.